The predicted octanol–water partition coefficient (Wildman–Crippen LogP) is 2.31. The Hall–Kier alpha value is -0.560. The number of pyridine rings is 1. The zero-order valence-corrected chi connectivity index (χ0v) is 12.6. The summed E-state index contributed by atoms with van der Waals surface area (Å²) >= 11 is 11.9. The fourth-order valence-corrected chi connectivity index (χ4v) is 3.92. The van der Waals surface area contributed by atoms with Crippen molar-refractivity contribution in [1.82, 2.24) is 4.98 Å². The van der Waals surface area contributed by atoms with Crippen molar-refractivity contribution in [1.29, 1.82) is 0 Å². The molecule has 1 aromatic heterocycles. The number of carbonyl (C=O) groups is 1. The third-order valence-electron chi connectivity index (χ3n) is 2.74. The van der Waals surface area contributed by atoms with Crippen molar-refractivity contribution in [2.45, 2.75) is 6.42 Å². The lowest BCUT2D eigenvalue weighted by molar-refractivity contribution is -0.117. The van der Waals surface area contributed by atoms with Gasteiger partial charge in [0, 0.05) is 35.8 Å². The molecule has 0 aliphatic carbocycles. The van der Waals surface area contributed by atoms with Crippen molar-refractivity contribution < 1.29 is 13.2 Å². The normalized spacial score (nSPS) is 20.1. The van der Waals surface area contributed by atoms with Crippen LogP contribution in [0.1, 0.15) is 6.42 Å². The van der Waals surface area contributed by atoms with Crippen molar-refractivity contribution in [3.05, 3.63) is 22.4 Å². The summed E-state index contributed by atoms with van der Waals surface area (Å²) in [5.74, 6) is -0.879. The Morgan fingerprint density at radius 2 is 2.11 bits per heavy atom. The number of nitrogens with zero attached hydrogens (tertiary/aromatic N) is 2. The number of amides is 1. The summed E-state index contributed by atoms with van der Waals surface area (Å²) < 4.78 is 22.1. The Kier molecular flexibility index (Phi) is 4.25. The van der Waals surface area contributed by atoms with Gasteiger partial charge in [0.1, 0.15) is 5.69 Å². The summed E-state index contributed by atoms with van der Waals surface area (Å²) in [6, 6.07) is 1.52. The first-order valence-corrected chi connectivity index (χ1v) is 8.54. The Morgan fingerprint density at radius 1 is 1.42 bits per heavy atom. The van der Waals surface area contributed by atoms with Gasteiger partial charge in [-0.3, -0.25) is 4.79 Å². The van der Waals surface area contributed by atoms with E-state index in [1.165, 1.54) is 17.2 Å². The maximum Gasteiger partial charge on any atom is 0.232 e. The molecule has 5 nitrogen and oxygen atoms in total. The zero-order chi connectivity index (χ0) is 14.2. The van der Waals surface area contributed by atoms with Gasteiger partial charge < -0.3 is 4.90 Å². The van der Waals surface area contributed by atoms with Gasteiger partial charge in [0.2, 0.25) is 15.0 Å². The molecule has 2 rings (SSSR count). The number of hydrogen-bond acceptors (Lipinski definition) is 4. The van der Waals surface area contributed by atoms with E-state index in [1.54, 1.807) is 0 Å². The second kappa shape index (κ2) is 5.44. The first-order chi connectivity index (χ1) is 8.78. The predicted molar refractivity (Wildman–Crippen MR) is 74.4 cm³/mol. The molecule has 1 fully saturated rings. The molecule has 0 bridgehead atoms. The quantitative estimate of drug-likeness (QED) is 0.624. The maximum atomic E-state index is 11.9. The van der Waals surface area contributed by atoms with Gasteiger partial charge in [0.25, 0.3) is 0 Å². The number of rotatable bonds is 3. The SMILES string of the molecule is O=C1CC(CS(=O)(=O)Cl)CN1c1c(Cl)ccnc1Cl. The van der Waals surface area contributed by atoms with E-state index in [-0.39, 0.29) is 35.7 Å². The summed E-state index contributed by atoms with van der Waals surface area (Å²) in [6.45, 7) is 0.204. The van der Waals surface area contributed by atoms with Gasteiger partial charge in [-0.25, -0.2) is 13.4 Å². The molecule has 19 heavy (non-hydrogen) atoms. The minimum atomic E-state index is -3.65. The molecule has 0 spiro atoms. The van der Waals surface area contributed by atoms with E-state index < -0.39 is 9.05 Å². The summed E-state index contributed by atoms with van der Waals surface area (Å²) in [7, 11) is 1.55. The molecule has 1 saturated heterocycles. The minimum absolute atomic E-state index is 0.0908. The van der Waals surface area contributed by atoms with Crippen molar-refractivity contribution >= 4 is 54.5 Å². The maximum absolute atomic E-state index is 11.9. The fourth-order valence-electron chi connectivity index (χ4n) is 2.04. The summed E-state index contributed by atoms with van der Waals surface area (Å²) in [6.07, 6.45) is 1.52. The highest BCUT2D eigenvalue weighted by Gasteiger charge is 2.35. The lowest BCUT2D eigenvalue weighted by atomic mass is 10.1. The lowest BCUT2D eigenvalue weighted by Gasteiger charge is -2.18. The molecular formula is C10H9Cl3N2O3S. The van der Waals surface area contributed by atoms with Gasteiger partial charge >= 0.3 is 0 Å². The second-order valence-electron chi connectivity index (χ2n) is 4.21. The van der Waals surface area contributed by atoms with Crippen LogP contribution < -0.4 is 4.90 Å². The molecule has 2 heterocycles. The molecule has 0 radical (unpaired) electrons. The second-order valence-corrected chi connectivity index (χ2v) is 7.80. The highest BCUT2D eigenvalue weighted by Crippen LogP contribution is 2.36. The molecule has 1 unspecified atom stereocenters. The fraction of sp³-hybridized carbons (Fsp3) is 0.400. The highest BCUT2D eigenvalue weighted by atomic mass is 35.7. The Balaban J connectivity index is 2.26. The molecule has 1 aromatic rings. The van der Waals surface area contributed by atoms with Gasteiger partial charge in [-0.1, -0.05) is 23.2 Å². The molecular weight excluding hydrogens is 335 g/mol. The first kappa shape index (κ1) is 14.8. The van der Waals surface area contributed by atoms with Crippen LogP contribution in [0.5, 0.6) is 0 Å². The van der Waals surface area contributed by atoms with E-state index in [1.807, 2.05) is 0 Å². The summed E-state index contributed by atoms with van der Waals surface area (Å²) in [5.41, 5.74) is 0.310. The molecule has 0 N–H and O–H groups in total. The zero-order valence-electron chi connectivity index (χ0n) is 9.51. The van der Waals surface area contributed by atoms with E-state index in [9.17, 15) is 13.2 Å². The Labute approximate surface area is 124 Å². The third-order valence-corrected chi connectivity index (χ3v) is 4.57. The largest absolute Gasteiger partial charge is 0.308 e. The molecule has 1 aliphatic heterocycles. The van der Waals surface area contributed by atoms with E-state index in [0.29, 0.717) is 10.7 Å². The minimum Gasteiger partial charge on any atom is -0.308 e. The van der Waals surface area contributed by atoms with Gasteiger partial charge in [-0.05, 0) is 6.07 Å². The number of hydrogen-bond donors (Lipinski definition) is 0. The monoisotopic (exact) mass is 342 g/mol. The lowest BCUT2D eigenvalue weighted by Crippen LogP contribution is -2.26. The van der Waals surface area contributed by atoms with E-state index >= 15 is 0 Å². The third kappa shape index (κ3) is 3.51. The van der Waals surface area contributed by atoms with Crippen molar-refractivity contribution in [2.24, 2.45) is 5.92 Å². The van der Waals surface area contributed by atoms with Gasteiger partial charge in [0.05, 0.1) is 10.8 Å². The van der Waals surface area contributed by atoms with Crippen LogP contribution in [0.4, 0.5) is 5.69 Å². The van der Waals surface area contributed by atoms with Crippen molar-refractivity contribution in [3.8, 4) is 0 Å². The number of carbonyl (C=O) groups excluding carboxylic acids is 1. The van der Waals surface area contributed by atoms with Crippen LogP contribution in [0, 0.1) is 5.92 Å². The standard InChI is InChI=1S/C10H9Cl3N2O3S/c11-7-1-2-14-10(12)9(7)15-4-6(3-8(15)16)5-19(13,17)18/h1-2,6H,3-5H2. The van der Waals surface area contributed by atoms with Crippen LogP contribution >= 0.6 is 33.9 Å². The van der Waals surface area contributed by atoms with Crippen LogP contribution in [0.25, 0.3) is 0 Å². The molecule has 0 saturated carbocycles. The van der Waals surface area contributed by atoms with Gasteiger partial charge in [-0.15, -0.1) is 0 Å². The summed E-state index contributed by atoms with van der Waals surface area (Å²) in [5, 5.41) is 0.401. The Morgan fingerprint density at radius 3 is 2.68 bits per heavy atom. The Bertz CT molecular complexity index is 600. The van der Waals surface area contributed by atoms with Crippen LogP contribution in [0.2, 0.25) is 10.2 Å². The molecule has 9 heteroatoms. The average Bonchev–Trinajstić information content (AvgIpc) is 2.56. The average molecular weight is 344 g/mol. The smallest absolute Gasteiger partial charge is 0.232 e. The molecule has 1 atom stereocenters. The molecule has 0 aromatic carbocycles. The van der Waals surface area contributed by atoms with E-state index in [2.05, 4.69) is 4.98 Å². The molecule has 104 valence electrons. The van der Waals surface area contributed by atoms with Crippen LogP contribution in [0.3, 0.4) is 0 Å². The van der Waals surface area contributed by atoms with Crippen LogP contribution in [0.15, 0.2) is 12.3 Å². The topological polar surface area (TPSA) is 67.3 Å². The van der Waals surface area contributed by atoms with Crippen LogP contribution in [-0.4, -0.2) is 31.6 Å². The van der Waals surface area contributed by atoms with Gasteiger partial charge in [0.15, 0.2) is 5.15 Å². The van der Waals surface area contributed by atoms with Gasteiger partial charge in [-0.2, -0.15) is 0 Å². The molecule has 1 aliphatic rings. The number of aromatic nitrogens is 1. The van der Waals surface area contributed by atoms with E-state index in [4.69, 9.17) is 33.9 Å². The van der Waals surface area contributed by atoms with E-state index in [0.717, 1.165) is 0 Å². The van der Waals surface area contributed by atoms with Crippen molar-refractivity contribution in [3.63, 3.8) is 0 Å². The van der Waals surface area contributed by atoms with Crippen LogP contribution in [-0.2, 0) is 13.8 Å². The van der Waals surface area contributed by atoms with Crippen molar-refractivity contribution in [2.75, 3.05) is 17.2 Å². The number of anilines is 1. The molecule has 1 amide bonds. The summed E-state index contributed by atoms with van der Waals surface area (Å²) in [4.78, 5) is 17.1. The first-order valence-electron chi connectivity index (χ1n) is 5.30. The highest BCUT2D eigenvalue weighted by molar-refractivity contribution is 8.13. The number of halogens is 3.